The number of hydrogen-bond acceptors (Lipinski definition) is 4. The summed E-state index contributed by atoms with van der Waals surface area (Å²) in [6.07, 6.45) is 3.23. The van der Waals surface area contributed by atoms with Gasteiger partial charge in [0.15, 0.2) is 0 Å². The number of carbonyl (C=O) groups excluding carboxylic acids is 1. The van der Waals surface area contributed by atoms with Gasteiger partial charge in [-0.05, 0) is 26.0 Å². The van der Waals surface area contributed by atoms with E-state index in [1.807, 2.05) is 5.01 Å². The van der Waals surface area contributed by atoms with Gasteiger partial charge in [0, 0.05) is 37.6 Å². The van der Waals surface area contributed by atoms with E-state index in [4.69, 9.17) is 0 Å². The molecule has 1 aliphatic rings. The number of aromatic nitrogens is 1. The van der Waals surface area contributed by atoms with Crippen LogP contribution < -0.4 is 10.7 Å². The number of rotatable bonds is 2. The minimum Gasteiger partial charge on any atom is -0.309 e. The highest BCUT2D eigenvalue weighted by atomic mass is 16.2. The van der Waals surface area contributed by atoms with Crippen LogP contribution in [0, 0.1) is 0 Å². The van der Waals surface area contributed by atoms with Gasteiger partial charge in [-0.1, -0.05) is 0 Å². The van der Waals surface area contributed by atoms with E-state index >= 15 is 0 Å². The van der Waals surface area contributed by atoms with Gasteiger partial charge in [-0.2, -0.15) is 0 Å². The highest BCUT2D eigenvalue weighted by molar-refractivity contribution is 5.93. The minimum atomic E-state index is -0.101. The molecule has 0 unspecified atom stereocenters. The van der Waals surface area contributed by atoms with Crippen molar-refractivity contribution in [2.75, 3.05) is 19.6 Å². The third-order valence-electron chi connectivity index (χ3n) is 2.75. The first-order valence-corrected chi connectivity index (χ1v) is 5.78. The summed E-state index contributed by atoms with van der Waals surface area (Å²) in [7, 11) is 0. The standard InChI is InChI=1S/C12H18N4O/c1-12(2)9-16(7-6-14-12)15-11(17)10-4-3-5-13-8-10/h3-5,8,14H,6-7,9H2,1-2H3,(H,15,17). The fourth-order valence-electron chi connectivity index (χ4n) is 1.94. The summed E-state index contributed by atoms with van der Waals surface area (Å²) in [4.78, 5) is 15.8. The van der Waals surface area contributed by atoms with Crippen molar-refractivity contribution < 1.29 is 4.79 Å². The van der Waals surface area contributed by atoms with Gasteiger partial charge in [0.05, 0.1) is 5.56 Å². The predicted octanol–water partition coefficient (Wildman–Crippen LogP) is 0.410. The van der Waals surface area contributed by atoms with Crippen molar-refractivity contribution in [1.82, 2.24) is 20.7 Å². The summed E-state index contributed by atoms with van der Waals surface area (Å²) in [5.74, 6) is -0.101. The molecule has 2 rings (SSSR count). The fourth-order valence-corrected chi connectivity index (χ4v) is 1.94. The van der Waals surface area contributed by atoms with Crippen molar-refractivity contribution in [2.45, 2.75) is 19.4 Å². The Morgan fingerprint density at radius 3 is 3.06 bits per heavy atom. The lowest BCUT2D eigenvalue weighted by molar-refractivity contribution is 0.0648. The number of carbonyl (C=O) groups is 1. The first kappa shape index (κ1) is 12.0. The molecule has 1 aliphatic heterocycles. The third kappa shape index (κ3) is 3.25. The molecule has 5 nitrogen and oxygen atoms in total. The zero-order valence-corrected chi connectivity index (χ0v) is 10.2. The number of pyridine rings is 1. The molecule has 92 valence electrons. The summed E-state index contributed by atoms with van der Waals surface area (Å²) in [6, 6.07) is 3.52. The Bertz CT molecular complexity index is 391. The van der Waals surface area contributed by atoms with Gasteiger partial charge in [0.2, 0.25) is 0 Å². The third-order valence-corrected chi connectivity index (χ3v) is 2.75. The van der Waals surface area contributed by atoms with Crippen LogP contribution >= 0.6 is 0 Å². The molecule has 1 amide bonds. The molecule has 1 aromatic rings. The summed E-state index contributed by atoms with van der Waals surface area (Å²) in [5.41, 5.74) is 3.52. The van der Waals surface area contributed by atoms with Gasteiger partial charge in [-0.15, -0.1) is 0 Å². The van der Waals surface area contributed by atoms with Crippen LogP contribution in [0.15, 0.2) is 24.5 Å². The van der Waals surface area contributed by atoms with Gasteiger partial charge in [0.1, 0.15) is 0 Å². The maximum absolute atomic E-state index is 11.9. The number of nitrogens with zero attached hydrogens (tertiary/aromatic N) is 2. The van der Waals surface area contributed by atoms with E-state index < -0.39 is 0 Å². The molecule has 0 atom stereocenters. The Morgan fingerprint density at radius 1 is 1.59 bits per heavy atom. The van der Waals surface area contributed by atoms with Crippen LogP contribution in [0.4, 0.5) is 0 Å². The summed E-state index contributed by atoms with van der Waals surface area (Å²) >= 11 is 0. The first-order valence-electron chi connectivity index (χ1n) is 5.78. The molecule has 1 saturated heterocycles. The van der Waals surface area contributed by atoms with E-state index in [2.05, 4.69) is 29.6 Å². The Hall–Kier alpha value is -1.46. The maximum atomic E-state index is 11.9. The molecule has 0 saturated carbocycles. The Kier molecular flexibility index (Phi) is 3.40. The van der Waals surface area contributed by atoms with E-state index in [0.717, 1.165) is 19.6 Å². The molecule has 1 aromatic heterocycles. The van der Waals surface area contributed by atoms with Crippen molar-refractivity contribution in [2.24, 2.45) is 0 Å². The molecule has 0 aromatic carbocycles. The van der Waals surface area contributed by atoms with E-state index in [1.54, 1.807) is 24.5 Å². The zero-order chi connectivity index (χ0) is 12.3. The maximum Gasteiger partial charge on any atom is 0.267 e. The van der Waals surface area contributed by atoms with Gasteiger partial charge in [0.25, 0.3) is 5.91 Å². The number of piperazine rings is 1. The monoisotopic (exact) mass is 234 g/mol. The van der Waals surface area contributed by atoms with Crippen LogP contribution in [0.25, 0.3) is 0 Å². The smallest absolute Gasteiger partial charge is 0.267 e. The summed E-state index contributed by atoms with van der Waals surface area (Å²) < 4.78 is 0. The summed E-state index contributed by atoms with van der Waals surface area (Å²) in [5, 5.41) is 5.35. The molecule has 2 N–H and O–H groups in total. The van der Waals surface area contributed by atoms with Gasteiger partial charge in [-0.3, -0.25) is 15.2 Å². The topological polar surface area (TPSA) is 57.3 Å². The molecule has 2 heterocycles. The van der Waals surface area contributed by atoms with Crippen LogP contribution in [0.3, 0.4) is 0 Å². The van der Waals surface area contributed by atoms with Crippen molar-refractivity contribution >= 4 is 5.91 Å². The average Bonchev–Trinajstić information content (AvgIpc) is 2.29. The Labute approximate surface area is 101 Å². The SMILES string of the molecule is CC1(C)CN(NC(=O)c2cccnc2)CCN1. The van der Waals surface area contributed by atoms with Crippen LogP contribution in [0.5, 0.6) is 0 Å². The molecule has 0 aliphatic carbocycles. The molecule has 0 radical (unpaired) electrons. The second kappa shape index (κ2) is 4.81. The lowest BCUT2D eigenvalue weighted by Crippen LogP contribution is -2.61. The lowest BCUT2D eigenvalue weighted by Gasteiger charge is -2.38. The fraction of sp³-hybridized carbons (Fsp3) is 0.500. The zero-order valence-electron chi connectivity index (χ0n) is 10.2. The molecular formula is C12H18N4O. The number of nitrogens with one attached hydrogen (secondary N) is 2. The molecule has 0 spiro atoms. The average molecular weight is 234 g/mol. The molecule has 0 bridgehead atoms. The molecule has 1 fully saturated rings. The van der Waals surface area contributed by atoms with Gasteiger partial charge in [-0.25, -0.2) is 5.01 Å². The normalized spacial score (nSPS) is 19.9. The van der Waals surface area contributed by atoms with Crippen LogP contribution in [-0.2, 0) is 0 Å². The van der Waals surface area contributed by atoms with Gasteiger partial charge >= 0.3 is 0 Å². The molecular weight excluding hydrogens is 216 g/mol. The van der Waals surface area contributed by atoms with Crippen molar-refractivity contribution in [1.29, 1.82) is 0 Å². The Morgan fingerprint density at radius 2 is 2.41 bits per heavy atom. The highest BCUT2D eigenvalue weighted by Gasteiger charge is 2.26. The van der Waals surface area contributed by atoms with Crippen LogP contribution in [0.1, 0.15) is 24.2 Å². The predicted molar refractivity (Wildman–Crippen MR) is 65.4 cm³/mol. The number of hydrogen-bond donors (Lipinski definition) is 2. The van der Waals surface area contributed by atoms with E-state index in [-0.39, 0.29) is 11.4 Å². The lowest BCUT2D eigenvalue weighted by atomic mass is 10.0. The first-order chi connectivity index (χ1) is 8.07. The second-order valence-electron chi connectivity index (χ2n) is 4.91. The highest BCUT2D eigenvalue weighted by Crippen LogP contribution is 2.08. The van der Waals surface area contributed by atoms with E-state index in [0.29, 0.717) is 5.56 Å². The largest absolute Gasteiger partial charge is 0.309 e. The van der Waals surface area contributed by atoms with Crippen LogP contribution in [0.2, 0.25) is 0 Å². The van der Waals surface area contributed by atoms with Crippen molar-refractivity contribution in [3.63, 3.8) is 0 Å². The molecule has 5 heteroatoms. The van der Waals surface area contributed by atoms with Crippen molar-refractivity contribution in [3.05, 3.63) is 30.1 Å². The number of hydrazine groups is 1. The number of amides is 1. The summed E-state index contributed by atoms with van der Waals surface area (Å²) in [6.45, 7) is 6.72. The minimum absolute atomic E-state index is 0.0282. The molecule has 17 heavy (non-hydrogen) atoms. The van der Waals surface area contributed by atoms with Gasteiger partial charge < -0.3 is 5.32 Å². The quantitative estimate of drug-likeness (QED) is 0.778. The second-order valence-corrected chi connectivity index (χ2v) is 4.91. The van der Waals surface area contributed by atoms with Crippen molar-refractivity contribution in [3.8, 4) is 0 Å². The van der Waals surface area contributed by atoms with E-state index in [9.17, 15) is 4.79 Å². The Balaban J connectivity index is 1.95. The van der Waals surface area contributed by atoms with Crippen LogP contribution in [-0.4, -0.2) is 41.1 Å². The van der Waals surface area contributed by atoms with E-state index in [1.165, 1.54) is 0 Å².